The second-order valence-electron chi connectivity index (χ2n) is 6.53. The van der Waals surface area contributed by atoms with Gasteiger partial charge < -0.3 is 15.8 Å². The third kappa shape index (κ3) is 3.17. The van der Waals surface area contributed by atoms with Crippen molar-refractivity contribution >= 4 is 28.8 Å². The Labute approximate surface area is 161 Å². The van der Waals surface area contributed by atoms with Crippen LogP contribution in [0.2, 0.25) is 0 Å². The predicted molar refractivity (Wildman–Crippen MR) is 105 cm³/mol. The van der Waals surface area contributed by atoms with Crippen molar-refractivity contribution in [2.45, 2.75) is 25.5 Å². The highest BCUT2D eigenvalue weighted by molar-refractivity contribution is 7.80. The van der Waals surface area contributed by atoms with Crippen LogP contribution < -0.4 is 11.1 Å². The second kappa shape index (κ2) is 7.05. The van der Waals surface area contributed by atoms with Crippen LogP contribution >= 0.6 is 12.2 Å². The molecule has 2 heterocycles. The van der Waals surface area contributed by atoms with Crippen LogP contribution in [0.3, 0.4) is 0 Å². The van der Waals surface area contributed by atoms with E-state index in [2.05, 4.69) is 39.7 Å². The van der Waals surface area contributed by atoms with Gasteiger partial charge in [-0.25, -0.2) is 9.50 Å². The van der Waals surface area contributed by atoms with E-state index in [0.29, 0.717) is 22.0 Å². The first-order chi connectivity index (χ1) is 13.1. The van der Waals surface area contributed by atoms with Crippen LogP contribution in [-0.4, -0.2) is 38.6 Å². The molecule has 0 radical (unpaired) electrons. The Morgan fingerprint density at radius 2 is 2.04 bits per heavy atom. The number of nitrogens with two attached hydrogens (primary N) is 1. The highest BCUT2D eigenvalue weighted by Gasteiger charge is 2.24. The fourth-order valence-corrected chi connectivity index (χ4v) is 3.89. The Morgan fingerprint density at radius 3 is 2.67 bits per heavy atom. The van der Waals surface area contributed by atoms with Gasteiger partial charge in [0.15, 0.2) is 5.65 Å². The van der Waals surface area contributed by atoms with Crippen molar-refractivity contribution in [2.75, 3.05) is 7.11 Å². The molecule has 1 aliphatic carbocycles. The monoisotopic (exact) mass is 381 g/mol. The highest BCUT2D eigenvalue weighted by atomic mass is 32.1. The quantitative estimate of drug-likeness (QED) is 0.649. The maximum atomic E-state index is 11.9. The lowest BCUT2D eigenvalue weighted by molar-refractivity contribution is 0.0996. The number of primary amides is 1. The molecule has 4 rings (SSSR count). The topological polar surface area (TPSA) is 94.5 Å². The van der Waals surface area contributed by atoms with Crippen LogP contribution in [0.25, 0.3) is 5.65 Å². The lowest BCUT2D eigenvalue weighted by Crippen LogP contribution is -2.35. The Hall–Kier alpha value is -2.84. The molecule has 3 aromatic rings. The highest BCUT2D eigenvalue weighted by Crippen LogP contribution is 2.22. The van der Waals surface area contributed by atoms with Gasteiger partial charge in [0, 0.05) is 19.3 Å². The number of rotatable bonds is 5. The van der Waals surface area contributed by atoms with Gasteiger partial charge in [-0.15, -0.1) is 0 Å². The largest absolute Gasteiger partial charge is 0.378 e. The summed E-state index contributed by atoms with van der Waals surface area (Å²) in [5.74, 6) is -0.591. The molecule has 0 atom stereocenters. The number of hydrogen-bond donors (Lipinski definition) is 2. The number of ether oxygens (including phenoxy) is 1. The van der Waals surface area contributed by atoms with Crippen LogP contribution in [0.15, 0.2) is 36.5 Å². The fraction of sp³-hybridized carbons (Fsp3) is 0.263. The minimum absolute atomic E-state index is 0.166. The Kier molecular flexibility index (Phi) is 4.59. The molecule has 0 fully saturated rings. The number of carbonyl (C=O) groups is 1. The lowest BCUT2D eigenvalue weighted by Gasteiger charge is -2.15. The standard InChI is InChI=1S/C19H19N5O2S/c1-26-10-14-16(17(20)25)18-21-7-6-15(24(18)23-14)19(27)22-13-8-11-4-2-3-5-12(11)9-13/h2-7,13H,8-10H2,1H3,(H2,20,25)(H,22,27). The van der Waals surface area contributed by atoms with Gasteiger partial charge in [0.25, 0.3) is 5.91 Å². The van der Waals surface area contributed by atoms with Gasteiger partial charge in [0.05, 0.1) is 6.61 Å². The number of aromatic nitrogens is 3. The number of hydrogen-bond acceptors (Lipinski definition) is 5. The zero-order valence-electron chi connectivity index (χ0n) is 14.8. The smallest absolute Gasteiger partial charge is 0.254 e. The van der Waals surface area contributed by atoms with Crippen LogP contribution in [0.4, 0.5) is 0 Å². The number of amides is 1. The summed E-state index contributed by atoms with van der Waals surface area (Å²) in [6.45, 7) is 0.166. The van der Waals surface area contributed by atoms with Gasteiger partial charge in [0.1, 0.15) is 21.9 Å². The Balaban J connectivity index is 1.65. The van der Waals surface area contributed by atoms with Crippen molar-refractivity contribution in [1.29, 1.82) is 0 Å². The van der Waals surface area contributed by atoms with Gasteiger partial charge >= 0.3 is 0 Å². The number of methoxy groups -OCH3 is 1. The maximum Gasteiger partial charge on any atom is 0.254 e. The van der Waals surface area contributed by atoms with Gasteiger partial charge in [-0.05, 0) is 30.0 Å². The van der Waals surface area contributed by atoms with Gasteiger partial charge in [-0.1, -0.05) is 36.5 Å². The summed E-state index contributed by atoms with van der Waals surface area (Å²) in [6, 6.07) is 10.4. The minimum Gasteiger partial charge on any atom is -0.378 e. The SMILES string of the molecule is COCc1nn2c(C(=S)NC3Cc4ccccc4C3)ccnc2c1C(N)=O. The molecule has 1 amide bonds. The predicted octanol–water partition coefficient (Wildman–Crippen LogP) is 1.41. The van der Waals surface area contributed by atoms with E-state index in [-0.39, 0.29) is 18.2 Å². The van der Waals surface area contributed by atoms with E-state index in [0.717, 1.165) is 12.8 Å². The van der Waals surface area contributed by atoms with Crippen LogP contribution in [-0.2, 0) is 24.2 Å². The lowest BCUT2D eigenvalue weighted by atomic mass is 10.1. The molecule has 2 aromatic heterocycles. The summed E-state index contributed by atoms with van der Waals surface area (Å²) < 4.78 is 6.69. The van der Waals surface area contributed by atoms with E-state index < -0.39 is 5.91 Å². The second-order valence-corrected chi connectivity index (χ2v) is 6.94. The first kappa shape index (κ1) is 17.6. The number of benzene rings is 1. The summed E-state index contributed by atoms with van der Waals surface area (Å²) in [7, 11) is 1.53. The first-order valence-electron chi connectivity index (χ1n) is 8.61. The number of nitrogens with one attached hydrogen (secondary N) is 1. The van der Waals surface area contributed by atoms with Crippen molar-refractivity contribution < 1.29 is 9.53 Å². The molecule has 8 heteroatoms. The normalized spacial score (nSPS) is 13.7. The number of thiocarbonyl (C=S) groups is 1. The molecule has 1 aliphatic rings. The van der Waals surface area contributed by atoms with E-state index in [9.17, 15) is 4.79 Å². The first-order valence-corrected chi connectivity index (χ1v) is 9.02. The third-order valence-corrected chi connectivity index (χ3v) is 5.06. The number of nitrogens with zero attached hydrogens (tertiary/aromatic N) is 3. The summed E-state index contributed by atoms with van der Waals surface area (Å²) in [5, 5.41) is 7.88. The summed E-state index contributed by atoms with van der Waals surface area (Å²) in [4.78, 5) is 16.7. The van der Waals surface area contributed by atoms with Crippen molar-refractivity contribution in [3.8, 4) is 0 Å². The van der Waals surface area contributed by atoms with E-state index in [4.69, 9.17) is 22.7 Å². The van der Waals surface area contributed by atoms with Crippen molar-refractivity contribution in [2.24, 2.45) is 5.73 Å². The molecule has 0 bridgehead atoms. The molecule has 0 unspecified atom stereocenters. The molecule has 0 aliphatic heterocycles. The average Bonchev–Trinajstić information content (AvgIpc) is 3.21. The minimum atomic E-state index is -0.591. The summed E-state index contributed by atoms with van der Waals surface area (Å²) in [6.07, 6.45) is 3.45. The Bertz CT molecular complexity index is 1020. The molecule has 0 saturated carbocycles. The zero-order chi connectivity index (χ0) is 19.0. The van der Waals surface area contributed by atoms with E-state index >= 15 is 0 Å². The molecule has 3 N–H and O–H groups in total. The van der Waals surface area contributed by atoms with E-state index in [1.165, 1.54) is 18.2 Å². The van der Waals surface area contributed by atoms with E-state index in [1.54, 1.807) is 16.8 Å². The van der Waals surface area contributed by atoms with Gasteiger partial charge in [-0.2, -0.15) is 5.10 Å². The molecule has 0 spiro atoms. The average molecular weight is 381 g/mol. The zero-order valence-corrected chi connectivity index (χ0v) is 15.6. The van der Waals surface area contributed by atoms with Crippen molar-refractivity contribution in [3.63, 3.8) is 0 Å². The molecule has 138 valence electrons. The number of fused-ring (bicyclic) bond motifs is 2. The number of carbonyl (C=O) groups excluding carboxylic acids is 1. The van der Waals surface area contributed by atoms with Crippen LogP contribution in [0.1, 0.15) is 32.9 Å². The molecular formula is C19H19N5O2S. The van der Waals surface area contributed by atoms with Crippen molar-refractivity contribution in [1.82, 2.24) is 19.9 Å². The molecule has 1 aromatic carbocycles. The van der Waals surface area contributed by atoms with Crippen LogP contribution in [0.5, 0.6) is 0 Å². The Morgan fingerprint density at radius 1 is 1.33 bits per heavy atom. The van der Waals surface area contributed by atoms with Crippen LogP contribution in [0, 0.1) is 0 Å². The summed E-state index contributed by atoms with van der Waals surface area (Å²) >= 11 is 5.63. The van der Waals surface area contributed by atoms with E-state index in [1.807, 2.05) is 0 Å². The van der Waals surface area contributed by atoms with Gasteiger partial charge in [-0.3, -0.25) is 4.79 Å². The maximum absolute atomic E-state index is 11.9. The third-order valence-electron chi connectivity index (χ3n) is 4.74. The fourth-order valence-electron chi connectivity index (χ4n) is 3.57. The molecular weight excluding hydrogens is 362 g/mol. The summed E-state index contributed by atoms with van der Waals surface area (Å²) in [5.41, 5.74) is 9.96. The van der Waals surface area contributed by atoms with Crippen molar-refractivity contribution in [3.05, 3.63) is 64.6 Å². The molecule has 7 nitrogen and oxygen atoms in total. The molecule has 0 saturated heterocycles. The van der Waals surface area contributed by atoms with Gasteiger partial charge in [0.2, 0.25) is 0 Å². The molecule has 27 heavy (non-hydrogen) atoms.